The lowest BCUT2D eigenvalue weighted by molar-refractivity contribution is -0.140. The van der Waals surface area contributed by atoms with Gasteiger partial charge in [0.25, 0.3) is 0 Å². The summed E-state index contributed by atoms with van der Waals surface area (Å²) < 4.78 is 5.98. The number of aromatic nitrogens is 1. The number of hydrogen-bond donors (Lipinski definition) is 2. The molecule has 0 radical (unpaired) electrons. The fourth-order valence-electron chi connectivity index (χ4n) is 3.33. The zero-order valence-corrected chi connectivity index (χ0v) is 16.9. The van der Waals surface area contributed by atoms with Crippen LogP contribution in [0.15, 0.2) is 47.1 Å². The summed E-state index contributed by atoms with van der Waals surface area (Å²) in [6, 6.07) is 13.0. The van der Waals surface area contributed by atoms with Crippen LogP contribution in [0.1, 0.15) is 24.1 Å². The Morgan fingerprint density at radius 2 is 1.86 bits per heavy atom. The van der Waals surface area contributed by atoms with Crippen LogP contribution in [0.5, 0.6) is 0 Å². The Morgan fingerprint density at radius 1 is 1.18 bits per heavy atom. The highest BCUT2D eigenvalue weighted by molar-refractivity contribution is 9.10. The third-order valence-electron chi connectivity index (χ3n) is 4.76. The minimum atomic E-state index is -1.22. The minimum absolute atomic E-state index is 0.153. The van der Waals surface area contributed by atoms with Crippen LogP contribution in [0.25, 0.3) is 0 Å². The van der Waals surface area contributed by atoms with Crippen molar-refractivity contribution in [1.29, 1.82) is 0 Å². The smallest absolute Gasteiger partial charge is 0.310 e. The number of ketones is 1. The van der Waals surface area contributed by atoms with E-state index in [2.05, 4.69) is 25.8 Å². The van der Waals surface area contributed by atoms with Gasteiger partial charge in [0.1, 0.15) is 16.8 Å². The molecule has 1 aromatic heterocycles. The van der Waals surface area contributed by atoms with Crippen molar-refractivity contribution in [3.8, 4) is 0 Å². The van der Waals surface area contributed by atoms with Crippen LogP contribution in [0.3, 0.4) is 0 Å². The monoisotopic (exact) mass is 447 g/mol. The Bertz CT molecular complexity index is 853. The first-order chi connectivity index (χ1) is 13.4. The first-order valence-electron chi connectivity index (χ1n) is 8.97. The van der Waals surface area contributed by atoms with Gasteiger partial charge in [-0.3, -0.25) is 9.59 Å². The van der Waals surface area contributed by atoms with E-state index >= 15 is 0 Å². The molecule has 8 heteroatoms. The SMILES string of the molecule is NC(CC(=O)CC(=O)O)(c1ccc(N2CCOCC2)cc1)c1cccc(Br)n1. The van der Waals surface area contributed by atoms with E-state index in [9.17, 15) is 9.59 Å². The summed E-state index contributed by atoms with van der Waals surface area (Å²) in [5.41, 5.74) is 7.71. The second-order valence-corrected chi connectivity index (χ2v) is 7.56. The van der Waals surface area contributed by atoms with Crippen LogP contribution < -0.4 is 10.6 Å². The molecule has 0 spiro atoms. The predicted molar refractivity (Wildman–Crippen MR) is 108 cm³/mol. The molecule has 0 bridgehead atoms. The Labute approximate surface area is 171 Å². The molecule has 2 aromatic rings. The zero-order valence-electron chi connectivity index (χ0n) is 15.3. The van der Waals surface area contributed by atoms with Crippen LogP contribution in [-0.4, -0.2) is 48.1 Å². The standard InChI is InChI=1S/C20H22BrN3O4/c21-18-3-1-2-17(23-18)20(22,13-16(25)12-19(26)27)14-4-6-15(7-5-14)24-8-10-28-11-9-24/h1-7H,8-13,22H2,(H,26,27). The number of nitrogens with zero attached hydrogens (tertiary/aromatic N) is 2. The largest absolute Gasteiger partial charge is 0.481 e. The first-order valence-corrected chi connectivity index (χ1v) is 9.76. The van der Waals surface area contributed by atoms with Crippen molar-refractivity contribution in [1.82, 2.24) is 4.98 Å². The molecule has 3 rings (SSSR count). The van der Waals surface area contributed by atoms with Crippen molar-refractivity contribution < 1.29 is 19.4 Å². The maximum Gasteiger partial charge on any atom is 0.310 e. The van der Waals surface area contributed by atoms with Crippen LogP contribution in [0, 0.1) is 0 Å². The average molecular weight is 448 g/mol. The molecular formula is C20H22BrN3O4. The molecule has 1 aliphatic heterocycles. The molecule has 1 aliphatic rings. The summed E-state index contributed by atoms with van der Waals surface area (Å²) in [7, 11) is 0. The van der Waals surface area contributed by atoms with Crippen molar-refractivity contribution in [2.75, 3.05) is 31.2 Å². The van der Waals surface area contributed by atoms with Gasteiger partial charge in [-0.2, -0.15) is 0 Å². The lowest BCUT2D eigenvalue weighted by Gasteiger charge is -2.31. The quantitative estimate of drug-likeness (QED) is 0.495. The molecule has 1 saturated heterocycles. The highest BCUT2D eigenvalue weighted by atomic mass is 79.9. The highest BCUT2D eigenvalue weighted by Gasteiger charge is 2.34. The van der Waals surface area contributed by atoms with Crippen LogP contribution in [-0.2, 0) is 19.9 Å². The van der Waals surface area contributed by atoms with Crippen molar-refractivity contribution in [2.45, 2.75) is 18.4 Å². The van der Waals surface area contributed by atoms with Crippen LogP contribution >= 0.6 is 15.9 Å². The van der Waals surface area contributed by atoms with E-state index < -0.39 is 23.7 Å². The Kier molecular flexibility index (Phi) is 6.43. The Hall–Kier alpha value is -2.29. The number of rotatable bonds is 7. The van der Waals surface area contributed by atoms with E-state index in [4.69, 9.17) is 15.6 Å². The topological polar surface area (TPSA) is 106 Å². The number of halogens is 1. The van der Waals surface area contributed by atoms with E-state index in [1.54, 1.807) is 18.2 Å². The molecule has 1 unspecified atom stereocenters. The lowest BCUT2D eigenvalue weighted by Crippen LogP contribution is -2.41. The van der Waals surface area contributed by atoms with Gasteiger partial charge in [-0.15, -0.1) is 0 Å². The summed E-state index contributed by atoms with van der Waals surface area (Å²) in [5.74, 6) is -1.62. The van der Waals surface area contributed by atoms with Gasteiger partial charge in [-0.05, 0) is 45.8 Å². The molecule has 0 aliphatic carbocycles. The molecule has 1 atom stereocenters. The fraction of sp³-hybridized carbons (Fsp3) is 0.350. The molecule has 0 saturated carbocycles. The Balaban J connectivity index is 1.93. The molecule has 2 heterocycles. The number of benzene rings is 1. The third kappa shape index (κ3) is 4.76. The van der Waals surface area contributed by atoms with E-state index in [0.717, 1.165) is 18.8 Å². The summed E-state index contributed by atoms with van der Waals surface area (Å²) in [6.45, 7) is 3.01. The van der Waals surface area contributed by atoms with Gasteiger partial charge in [0.05, 0.1) is 24.4 Å². The van der Waals surface area contributed by atoms with Crippen molar-refractivity contribution in [3.63, 3.8) is 0 Å². The maximum atomic E-state index is 12.3. The summed E-state index contributed by atoms with van der Waals surface area (Å²) in [4.78, 5) is 29.9. The normalized spacial score (nSPS) is 16.4. The van der Waals surface area contributed by atoms with Gasteiger partial charge < -0.3 is 20.5 Å². The molecule has 7 nitrogen and oxygen atoms in total. The molecule has 28 heavy (non-hydrogen) atoms. The molecule has 0 amide bonds. The number of aliphatic carboxylic acids is 1. The summed E-state index contributed by atoms with van der Waals surface area (Å²) in [5, 5.41) is 8.95. The number of anilines is 1. The number of hydrogen-bond acceptors (Lipinski definition) is 6. The maximum absolute atomic E-state index is 12.3. The minimum Gasteiger partial charge on any atom is -0.481 e. The van der Waals surface area contributed by atoms with Crippen LogP contribution in [0.4, 0.5) is 5.69 Å². The van der Waals surface area contributed by atoms with Crippen LogP contribution in [0.2, 0.25) is 0 Å². The average Bonchev–Trinajstić information content (AvgIpc) is 2.68. The molecule has 148 valence electrons. The number of ether oxygens (including phenoxy) is 1. The number of Topliss-reactive ketones (excluding diaryl/α,β-unsaturated/α-hetero) is 1. The lowest BCUT2D eigenvalue weighted by atomic mass is 9.82. The highest BCUT2D eigenvalue weighted by Crippen LogP contribution is 2.32. The predicted octanol–water partition coefficient (Wildman–Crippen LogP) is 2.32. The fourth-order valence-corrected chi connectivity index (χ4v) is 3.67. The number of pyridine rings is 1. The van der Waals surface area contributed by atoms with Gasteiger partial charge in [-0.25, -0.2) is 4.98 Å². The third-order valence-corrected chi connectivity index (χ3v) is 5.20. The van der Waals surface area contributed by atoms with Gasteiger partial charge in [0, 0.05) is 25.2 Å². The zero-order chi connectivity index (χ0) is 20.1. The summed E-state index contributed by atoms with van der Waals surface area (Å²) >= 11 is 3.33. The number of morpholine rings is 1. The van der Waals surface area contributed by atoms with Gasteiger partial charge >= 0.3 is 5.97 Å². The second kappa shape index (κ2) is 8.81. The van der Waals surface area contributed by atoms with Gasteiger partial charge in [-0.1, -0.05) is 18.2 Å². The molecule has 1 aromatic carbocycles. The first kappa shape index (κ1) is 20.4. The van der Waals surface area contributed by atoms with Gasteiger partial charge in [0.15, 0.2) is 0 Å². The molecule has 3 N–H and O–H groups in total. The second-order valence-electron chi connectivity index (χ2n) is 6.75. The summed E-state index contributed by atoms with van der Waals surface area (Å²) in [6.07, 6.45) is -0.724. The van der Waals surface area contributed by atoms with Crippen molar-refractivity contribution in [2.24, 2.45) is 5.73 Å². The van der Waals surface area contributed by atoms with E-state index in [1.165, 1.54) is 0 Å². The van der Waals surface area contributed by atoms with E-state index in [0.29, 0.717) is 29.1 Å². The number of carbonyl (C=O) groups is 2. The Morgan fingerprint density at radius 3 is 2.46 bits per heavy atom. The molecular weight excluding hydrogens is 426 g/mol. The number of carbonyl (C=O) groups excluding carboxylic acids is 1. The molecule has 1 fully saturated rings. The number of nitrogens with two attached hydrogens (primary N) is 1. The van der Waals surface area contributed by atoms with Gasteiger partial charge in [0.2, 0.25) is 0 Å². The number of carboxylic acids is 1. The number of carboxylic acid groups (broad SMARTS) is 1. The van der Waals surface area contributed by atoms with E-state index in [1.807, 2.05) is 24.3 Å². The van der Waals surface area contributed by atoms with Crippen molar-refractivity contribution >= 4 is 33.4 Å². The van der Waals surface area contributed by atoms with E-state index in [-0.39, 0.29) is 6.42 Å². The van der Waals surface area contributed by atoms with Crippen molar-refractivity contribution in [3.05, 3.63) is 58.3 Å².